The van der Waals surface area contributed by atoms with Gasteiger partial charge in [0.2, 0.25) is 0 Å². The summed E-state index contributed by atoms with van der Waals surface area (Å²) in [6, 6.07) is 0. The van der Waals surface area contributed by atoms with E-state index in [1.165, 1.54) is 0 Å². The summed E-state index contributed by atoms with van der Waals surface area (Å²) in [5, 5.41) is 0. The fourth-order valence-electron chi connectivity index (χ4n) is 1.55. The molecule has 0 amide bonds. The highest BCUT2D eigenvalue weighted by Crippen LogP contribution is 2.31. The van der Waals surface area contributed by atoms with Crippen LogP contribution in [0.1, 0.15) is 69.2 Å². The van der Waals surface area contributed by atoms with E-state index >= 15 is 0 Å². The molecule has 2 unspecified atom stereocenters. The van der Waals surface area contributed by atoms with Crippen LogP contribution in [0.15, 0.2) is 36.1 Å². The molecule has 0 fully saturated rings. The molecule has 0 bridgehead atoms. The van der Waals surface area contributed by atoms with Crippen LogP contribution in [0.4, 0.5) is 0 Å². The van der Waals surface area contributed by atoms with Crippen molar-refractivity contribution in [2.75, 3.05) is 6.61 Å². The average molecular weight is 325 g/mol. The molecule has 0 aliphatic rings. The van der Waals surface area contributed by atoms with Gasteiger partial charge < -0.3 is 9.47 Å². The van der Waals surface area contributed by atoms with Crippen molar-refractivity contribution in [2.24, 2.45) is 17.3 Å². The van der Waals surface area contributed by atoms with Crippen molar-refractivity contribution in [1.82, 2.24) is 0 Å². The molecule has 0 aromatic rings. The predicted octanol–water partition coefficient (Wildman–Crippen LogP) is 6.75. The highest BCUT2D eigenvalue weighted by atomic mass is 16.7. The Hall–Kier alpha value is -1.02. The molecule has 0 aromatic heterocycles. The maximum absolute atomic E-state index is 5.67. The Bertz CT molecular complexity index is 367. The zero-order valence-electron chi connectivity index (χ0n) is 17.2. The van der Waals surface area contributed by atoms with Gasteiger partial charge in [0.1, 0.15) is 5.76 Å². The maximum atomic E-state index is 5.67. The first-order chi connectivity index (χ1) is 10.4. The Labute approximate surface area is 145 Å². The van der Waals surface area contributed by atoms with Crippen LogP contribution in [0.3, 0.4) is 0 Å². The Morgan fingerprint density at radius 1 is 1.04 bits per heavy atom. The maximum Gasteiger partial charge on any atom is 0.196 e. The van der Waals surface area contributed by atoms with E-state index in [4.69, 9.17) is 9.47 Å². The normalized spacial score (nSPS) is 15.2. The van der Waals surface area contributed by atoms with Crippen LogP contribution >= 0.6 is 0 Å². The molecule has 23 heavy (non-hydrogen) atoms. The van der Waals surface area contributed by atoms with Crippen LogP contribution in [-0.2, 0) is 9.47 Å². The number of hydrogen-bond acceptors (Lipinski definition) is 2. The number of hydrogen-bond donors (Lipinski definition) is 0. The second-order valence-electron chi connectivity index (χ2n) is 7.56. The lowest BCUT2D eigenvalue weighted by atomic mass is 9.78. The van der Waals surface area contributed by atoms with Crippen molar-refractivity contribution >= 4 is 0 Å². The zero-order chi connectivity index (χ0) is 18.6. The minimum atomic E-state index is -0.228. The number of allylic oxidation sites excluding steroid dienone is 4. The van der Waals surface area contributed by atoms with Crippen LogP contribution < -0.4 is 0 Å². The first kappa shape index (κ1) is 24.2. The van der Waals surface area contributed by atoms with Gasteiger partial charge in [-0.1, -0.05) is 66.7 Å². The molecule has 0 saturated carbocycles. The third-order valence-corrected chi connectivity index (χ3v) is 3.30. The molecule has 0 heterocycles. The topological polar surface area (TPSA) is 18.5 Å². The highest BCUT2D eigenvalue weighted by molar-refractivity contribution is 5.25. The first-order valence-electron chi connectivity index (χ1n) is 8.77. The van der Waals surface area contributed by atoms with Crippen LogP contribution in [0.5, 0.6) is 0 Å². The summed E-state index contributed by atoms with van der Waals surface area (Å²) in [5.41, 5.74) is 1.33. The highest BCUT2D eigenvalue weighted by Gasteiger charge is 2.21. The zero-order valence-corrected chi connectivity index (χ0v) is 17.2. The molecule has 0 saturated heterocycles. The Morgan fingerprint density at radius 2 is 1.52 bits per heavy atom. The quantitative estimate of drug-likeness (QED) is 0.293. The number of rotatable bonds is 7. The van der Waals surface area contributed by atoms with Gasteiger partial charge in [-0.2, -0.15) is 0 Å². The third kappa shape index (κ3) is 14.3. The van der Waals surface area contributed by atoms with E-state index in [-0.39, 0.29) is 11.7 Å². The Morgan fingerprint density at radius 3 is 1.87 bits per heavy atom. The van der Waals surface area contributed by atoms with Gasteiger partial charge in [-0.25, -0.2) is 0 Å². The fourth-order valence-corrected chi connectivity index (χ4v) is 1.55. The lowest BCUT2D eigenvalue weighted by Crippen LogP contribution is -2.18. The molecule has 2 heteroatoms. The lowest BCUT2D eigenvalue weighted by Gasteiger charge is -2.27. The van der Waals surface area contributed by atoms with E-state index in [1.54, 1.807) is 0 Å². The SMILES string of the molecule is C=C(/C=C\C(=C/C)OC(C)OCC)C(C)C(C)(C)C.CC(C)C. The lowest BCUT2D eigenvalue weighted by molar-refractivity contribution is -0.0957. The first-order valence-corrected chi connectivity index (χ1v) is 8.77. The van der Waals surface area contributed by atoms with Gasteiger partial charge in [0.05, 0.1) is 0 Å². The monoisotopic (exact) mass is 324 g/mol. The molecule has 2 atom stereocenters. The minimum Gasteiger partial charge on any atom is -0.466 e. The van der Waals surface area contributed by atoms with E-state index < -0.39 is 0 Å². The second-order valence-corrected chi connectivity index (χ2v) is 7.56. The Balaban J connectivity index is 0. The summed E-state index contributed by atoms with van der Waals surface area (Å²) in [4.78, 5) is 0. The summed E-state index contributed by atoms with van der Waals surface area (Å²) in [6.45, 7) is 26.0. The minimum absolute atomic E-state index is 0.219. The van der Waals surface area contributed by atoms with E-state index in [9.17, 15) is 0 Å². The van der Waals surface area contributed by atoms with Gasteiger partial charge in [0.25, 0.3) is 0 Å². The van der Waals surface area contributed by atoms with Gasteiger partial charge in [0, 0.05) is 6.61 Å². The van der Waals surface area contributed by atoms with Gasteiger partial charge in [-0.3, -0.25) is 0 Å². The average Bonchev–Trinajstić information content (AvgIpc) is 2.40. The molecule has 0 aliphatic carbocycles. The number of ether oxygens (including phenoxy) is 2. The standard InChI is InChI=1S/C17H30O2.C4H10/c1-9-16(19-15(5)18-10-2)12-11-13(3)14(4)17(6,7)8;1-4(2)3/h9,11-12,14-15H,3,10H2,1-2,4-8H3;4H,1-3H3/b12-11-,16-9+;. The van der Waals surface area contributed by atoms with Crippen molar-refractivity contribution in [3.8, 4) is 0 Å². The molecule has 2 nitrogen and oxygen atoms in total. The fraction of sp³-hybridized carbons (Fsp3) is 0.714. The molecule has 0 N–H and O–H groups in total. The molecule has 0 aliphatic heterocycles. The largest absolute Gasteiger partial charge is 0.466 e. The van der Waals surface area contributed by atoms with Crippen molar-refractivity contribution in [2.45, 2.75) is 75.5 Å². The van der Waals surface area contributed by atoms with E-state index in [2.05, 4.69) is 55.0 Å². The van der Waals surface area contributed by atoms with E-state index in [0.717, 1.165) is 17.3 Å². The molecule has 136 valence electrons. The summed E-state index contributed by atoms with van der Waals surface area (Å²) in [7, 11) is 0. The van der Waals surface area contributed by atoms with Gasteiger partial charge in [-0.15, -0.1) is 0 Å². The van der Waals surface area contributed by atoms with Crippen LogP contribution in [0, 0.1) is 17.3 Å². The molecule has 0 radical (unpaired) electrons. The third-order valence-electron chi connectivity index (χ3n) is 3.30. The molecule has 0 rings (SSSR count). The van der Waals surface area contributed by atoms with Gasteiger partial charge >= 0.3 is 0 Å². The Kier molecular flexibility index (Phi) is 13.1. The van der Waals surface area contributed by atoms with Crippen LogP contribution in [0.2, 0.25) is 0 Å². The molecular weight excluding hydrogens is 284 g/mol. The van der Waals surface area contributed by atoms with Crippen molar-refractivity contribution in [3.05, 3.63) is 36.1 Å². The second kappa shape index (κ2) is 12.4. The summed E-state index contributed by atoms with van der Waals surface area (Å²) < 4.78 is 11.0. The smallest absolute Gasteiger partial charge is 0.196 e. The molecule has 0 aromatic carbocycles. The van der Waals surface area contributed by atoms with Crippen molar-refractivity contribution < 1.29 is 9.47 Å². The summed E-state index contributed by atoms with van der Waals surface area (Å²) >= 11 is 0. The van der Waals surface area contributed by atoms with Gasteiger partial charge in [0.15, 0.2) is 6.29 Å². The summed E-state index contributed by atoms with van der Waals surface area (Å²) in [6.07, 6.45) is 5.69. The molecule has 0 spiro atoms. The van der Waals surface area contributed by atoms with E-state index in [1.807, 2.05) is 39.0 Å². The van der Waals surface area contributed by atoms with Crippen LogP contribution in [0.25, 0.3) is 0 Å². The summed E-state index contributed by atoms with van der Waals surface area (Å²) in [5.74, 6) is 2.06. The van der Waals surface area contributed by atoms with Gasteiger partial charge in [-0.05, 0) is 50.2 Å². The van der Waals surface area contributed by atoms with Crippen LogP contribution in [-0.4, -0.2) is 12.9 Å². The predicted molar refractivity (Wildman–Crippen MR) is 103 cm³/mol. The van der Waals surface area contributed by atoms with Crippen molar-refractivity contribution in [1.29, 1.82) is 0 Å². The van der Waals surface area contributed by atoms with E-state index in [0.29, 0.717) is 12.5 Å². The van der Waals surface area contributed by atoms with Crippen molar-refractivity contribution in [3.63, 3.8) is 0 Å². The molecular formula is C21H40O2.